The Balaban J connectivity index is 0.925. The maximum Gasteiger partial charge on any atom is 0.278 e. The first kappa shape index (κ1) is 31.2. The van der Waals surface area contributed by atoms with Gasteiger partial charge in [-0.05, 0) is 42.0 Å². The van der Waals surface area contributed by atoms with Crippen LogP contribution in [0.5, 0.6) is 11.5 Å². The third-order valence-corrected chi connectivity index (χ3v) is 7.78. The molecule has 229 valence electrons. The van der Waals surface area contributed by atoms with Crippen molar-refractivity contribution >= 4 is 28.9 Å². The SMILES string of the molecule is [CH2]Oc1cc(-c2cn([CH2])c(=O)c3cccn23)cc(O[CH2])c1[C]N1[C][C]C2([C][C]1)[C]N(c1ccc3c(c1)C(=O)N([C]1[C][C]C(=O)[N]C1=O)[C]3)[C]2. The highest BCUT2D eigenvalue weighted by atomic mass is 16.5. The molecule has 3 saturated heterocycles. The number of aromatic nitrogens is 2. The molecule has 0 atom stereocenters. The van der Waals surface area contributed by atoms with E-state index in [1.165, 1.54) is 14.4 Å². The average Bonchev–Trinajstić information content (AvgIpc) is 3.71. The minimum absolute atomic E-state index is 0.244. The lowest BCUT2D eigenvalue weighted by Crippen LogP contribution is -2.51. The van der Waals surface area contributed by atoms with Crippen molar-refractivity contribution in [1.29, 1.82) is 0 Å². The van der Waals surface area contributed by atoms with Gasteiger partial charge in [0.2, 0.25) is 0 Å². The van der Waals surface area contributed by atoms with Crippen molar-refractivity contribution in [3.05, 3.63) is 174 Å². The molecular formula is C37H15N6O6. The Morgan fingerprint density at radius 2 is 1.65 bits per heavy atom. The number of likely N-dealkylation sites (tertiary alicyclic amines) is 1. The zero-order chi connectivity index (χ0) is 34.0. The van der Waals surface area contributed by atoms with Crippen molar-refractivity contribution < 1.29 is 23.9 Å². The molecule has 8 rings (SSSR count). The zero-order valence-corrected chi connectivity index (χ0v) is 25.0. The fraction of sp³-hybridized carbons (Fsp3) is 0.0270. The van der Waals surface area contributed by atoms with E-state index in [1.807, 2.05) is 0 Å². The Morgan fingerprint density at radius 1 is 0.918 bits per heavy atom. The highest BCUT2D eigenvalue weighted by Crippen LogP contribution is 2.51. The van der Waals surface area contributed by atoms with Gasteiger partial charge in [-0.15, -0.1) is 0 Å². The van der Waals surface area contributed by atoms with Crippen molar-refractivity contribution in [2.45, 2.75) is 0 Å². The summed E-state index contributed by atoms with van der Waals surface area (Å²) in [5, 5.41) is 3.28. The van der Waals surface area contributed by atoms with Gasteiger partial charge in [0.1, 0.15) is 57.4 Å². The van der Waals surface area contributed by atoms with Crippen LogP contribution < -0.4 is 25.2 Å². The Hall–Kier alpha value is -5.10. The van der Waals surface area contributed by atoms with Crippen molar-refractivity contribution in [1.82, 2.24) is 24.1 Å². The quantitative estimate of drug-likeness (QED) is 0.283. The molecule has 6 heterocycles. The summed E-state index contributed by atoms with van der Waals surface area (Å²) in [6.07, 6.45) is 13.9. The van der Waals surface area contributed by atoms with Gasteiger partial charge in [-0.25, -0.2) is 0 Å². The minimum Gasteiger partial charge on any atom is -0.490 e. The summed E-state index contributed by atoms with van der Waals surface area (Å²) in [5.41, 5.74) is 1.99. The maximum absolute atomic E-state index is 13.1. The van der Waals surface area contributed by atoms with Gasteiger partial charge < -0.3 is 28.2 Å². The molecule has 49 heavy (non-hydrogen) atoms. The van der Waals surface area contributed by atoms with Crippen LogP contribution in [-0.4, -0.2) is 36.5 Å². The summed E-state index contributed by atoms with van der Waals surface area (Å²) in [4.78, 5) is 52.8. The monoisotopic (exact) mass is 639 g/mol. The Labute approximate surface area is 283 Å². The molecule has 0 aliphatic carbocycles. The van der Waals surface area contributed by atoms with Crippen LogP contribution in [0.1, 0.15) is 21.5 Å². The second-order valence-electron chi connectivity index (χ2n) is 10.7. The summed E-state index contributed by atoms with van der Waals surface area (Å²) < 4.78 is 13.8. The van der Waals surface area contributed by atoms with Gasteiger partial charge in [0.05, 0.1) is 30.8 Å². The Morgan fingerprint density at radius 3 is 2.35 bits per heavy atom. The number of rotatable bonds is 7. The molecule has 4 aliphatic rings. The van der Waals surface area contributed by atoms with Gasteiger partial charge >= 0.3 is 0 Å². The molecule has 3 fully saturated rings. The van der Waals surface area contributed by atoms with Crippen LogP contribution >= 0.6 is 0 Å². The van der Waals surface area contributed by atoms with E-state index in [-0.39, 0.29) is 28.7 Å². The van der Waals surface area contributed by atoms with Gasteiger partial charge in [0.25, 0.3) is 23.3 Å². The summed E-state index contributed by atoms with van der Waals surface area (Å²) in [7, 11) is 10.9. The van der Waals surface area contributed by atoms with Crippen molar-refractivity contribution in [3.8, 4) is 22.8 Å². The highest BCUT2D eigenvalue weighted by molar-refractivity contribution is 6.14. The number of benzene rings is 2. The lowest BCUT2D eigenvalue weighted by molar-refractivity contribution is -0.130. The lowest BCUT2D eigenvalue weighted by Gasteiger charge is -2.50. The molecule has 2 aromatic heterocycles. The van der Waals surface area contributed by atoms with E-state index in [1.54, 1.807) is 59.3 Å². The van der Waals surface area contributed by atoms with Crippen LogP contribution in [0.2, 0.25) is 0 Å². The van der Waals surface area contributed by atoms with Crippen LogP contribution in [0, 0.1) is 97.7 Å². The number of nitrogens with zero attached hydrogens (tertiary/aromatic N) is 6. The molecule has 12 nitrogen and oxygen atoms in total. The smallest absolute Gasteiger partial charge is 0.278 e. The van der Waals surface area contributed by atoms with Gasteiger partial charge in [0.15, 0.2) is 6.04 Å². The fourth-order valence-corrected chi connectivity index (χ4v) is 5.44. The molecule has 4 aliphatic heterocycles. The number of amides is 3. The summed E-state index contributed by atoms with van der Waals surface area (Å²) in [6.45, 7) is 17.9. The molecule has 4 aromatic rings. The van der Waals surface area contributed by atoms with E-state index < -0.39 is 23.1 Å². The van der Waals surface area contributed by atoms with E-state index >= 15 is 0 Å². The second kappa shape index (κ2) is 11.8. The van der Waals surface area contributed by atoms with Crippen LogP contribution in [0.15, 0.2) is 59.7 Å². The van der Waals surface area contributed by atoms with E-state index in [0.717, 1.165) is 4.90 Å². The molecular weight excluding hydrogens is 624 g/mol. The molecule has 2 aromatic carbocycles. The van der Waals surface area contributed by atoms with Gasteiger partial charge in [0, 0.05) is 60.9 Å². The van der Waals surface area contributed by atoms with Crippen molar-refractivity contribution in [2.24, 2.45) is 5.41 Å². The third kappa shape index (κ3) is 5.25. The number of imide groups is 1. The number of ether oxygens (including phenoxy) is 2. The Bertz CT molecular complexity index is 2040. The first-order valence-corrected chi connectivity index (χ1v) is 14.2. The maximum atomic E-state index is 13.1. The van der Waals surface area contributed by atoms with Crippen molar-refractivity contribution in [2.75, 3.05) is 4.90 Å². The number of fused-ring (bicyclic) bond motifs is 2. The van der Waals surface area contributed by atoms with Crippen LogP contribution in [0.3, 0.4) is 0 Å². The third-order valence-electron chi connectivity index (χ3n) is 7.78. The standard InChI is InChI=1S/C37H15N6O6/c1-39-20-30(42-12-4-5-29(42)36(39)47)24-15-31(48-2)27(32(16-24)49-3)19-40-13-10-37(11-14-40)21-41(22-37)25-7-6-23-18-43(35(46)26(23)17-25)28-8-9-33(44)38-34(28)45/h4-7,12,15-17,20H,1-3H2. The molecule has 12 heteroatoms. The molecule has 3 amide bonds. The van der Waals surface area contributed by atoms with Gasteiger partial charge in [-0.2, -0.15) is 5.32 Å². The number of carbonyl (C=O) groups is 3. The van der Waals surface area contributed by atoms with Gasteiger partial charge in [-0.1, -0.05) is 6.07 Å². The molecule has 0 bridgehead atoms. The van der Waals surface area contributed by atoms with Crippen LogP contribution in [-0.2, 0) is 9.59 Å². The second-order valence-corrected chi connectivity index (χ2v) is 10.7. The topological polar surface area (TPSA) is 120 Å². The molecule has 25 radical (unpaired) electrons. The van der Waals surface area contributed by atoms with E-state index in [2.05, 4.69) is 91.5 Å². The minimum atomic E-state index is -1.10. The largest absolute Gasteiger partial charge is 0.490 e. The normalized spacial score (nSPS) is 19.4. The highest BCUT2D eigenvalue weighted by Gasteiger charge is 2.50. The lowest BCUT2D eigenvalue weighted by atomic mass is 9.71. The van der Waals surface area contributed by atoms with Crippen molar-refractivity contribution in [3.63, 3.8) is 0 Å². The number of piperidine rings is 2. The van der Waals surface area contributed by atoms with E-state index in [0.29, 0.717) is 33.6 Å². The molecule has 0 saturated carbocycles. The first-order chi connectivity index (χ1) is 23.7. The number of anilines is 1. The van der Waals surface area contributed by atoms with E-state index in [4.69, 9.17) is 9.47 Å². The summed E-state index contributed by atoms with van der Waals surface area (Å²) in [6, 6.07) is 11.6. The first-order valence-electron chi connectivity index (χ1n) is 14.2. The molecule has 0 N–H and O–H groups in total. The number of hydrogen-bond donors (Lipinski definition) is 0. The fourth-order valence-electron chi connectivity index (χ4n) is 5.44. The van der Waals surface area contributed by atoms with Gasteiger partial charge in [-0.3, -0.25) is 24.1 Å². The average molecular weight is 640 g/mol. The number of hydrogen-bond acceptors (Lipinski definition) is 8. The zero-order valence-electron chi connectivity index (χ0n) is 25.0. The molecule has 0 unspecified atom stereocenters. The Kier molecular flexibility index (Phi) is 7.51. The number of carbonyl (C=O) groups excluding carboxylic acids is 3. The van der Waals surface area contributed by atoms with Crippen LogP contribution in [0.4, 0.5) is 5.69 Å². The summed E-state index contributed by atoms with van der Waals surface area (Å²) in [5.74, 6) is -1.73. The van der Waals surface area contributed by atoms with E-state index in [9.17, 15) is 19.2 Å². The van der Waals surface area contributed by atoms with Crippen LogP contribution in [0.25, 0.3) is 16.8 Å². The predicted octanol–water partition coefficient (Wildman–Crippen LogP) is 2.48. The summed E-state index contributed by atoms with van der Waals surface area (Å²) >= 11 is 0. The molecule has 1 spiro atoms. The predicted molar refractivity (Wildman–Crippen MR) is 165 cm³/mol.